The van der Waals surface area contributed by atoms with Crippen LogP contribution in [0.25, 0.3) is 0 Å². The van der Waals surface area contributed by atoms with E-state index in [1.165, 1.54) is 0 Å². The normalized spacial score (nSPS) is 47.2. The van der Waals surface area contributed by atoms with Crippen LogP contribution in [0.1, 0.15) is 34.6 Å². The maximum absolute atomic E-state index is 13.1. The van der Waals surface area contributed by atoms with Crippen LogP contribution in [0.15, 0.2) is 0 Å². The highest BCUT2D eigenvalue weighted by atomic mass is 16.8. The molecule has 0 radical (unpaired) electrons. The van der Waals surface area contributed by atoms with Gasteiger partial charge in [-0.25, -0.2) is 0 Å². The molecule has 8 rings (SSSR count). The van der Waals surface area contributed by atoms with Gasteiger partial charge in [0.05, 0.1) is 52.9 Å². The summed E-state index contributed by atoms with van der Waals surface area (Å²) in [6.45, 7) is -3.38. The van der Waals surface area contributed by atoms with Crippen molar-refractivity contribution in [3.63, 3.8) is 0 Å². The number of nitrogens with one attached hydrogen (secondary N) is 5. The van der Waals surface area contributed by atoms with Gasteiger partial charge in [0, 0.05) is 34.6 Å². The molecule has 8 fully saturated rings. The average molecular weight is 1520 g/mol. The summed E-state index contributed by atoms with van der Waals surface area (Å²) in [4.78, 5) is 63.4. The molecule has 0 aliphatic carbocycles. The Morgan fingerprint density at radius 3 is 0.904 bits per heavy atom. The fraction of sp³-hybridized carbons (Fsp3) is 0.914. The van der Waals surface area contributed by atoms with E-state index >= 15 is 0 Å². The zero-order valence-corrected chi connectivity index (χ0v) is 56.3. The van der Waals surface area contributed by atoms with Gasteiger partial charge >= 0.3 is 0 Å². The van der Waals surface area contributed by atoms with E-state index in [0.717, 1.165) is 34.6 Å². The molecule has 8 heterocycles. The van der Waals surface area contributed by atoms with Gasteiger partial charge in [-0.05, 0) is 0 Å². The molecule has 26 N–H and O–H groups in total. The van der Waals surface area contributed by atoms with Gasteiger partial charge < -0.3 is 205 Å². The number of hydrogen-bond acceptors (Lipinski definition) is 41. The first-order valence-corrected chi connectivity index (χ1v) is 33.1. The second kappa shape index (κ2) is 37.5. The van der Waals surface area contributed by atoms with Crippen LogP contribution in [0.2, 0.25) is 0 Å². The van der Waals surface area contributed by atoms with Crippen LogP contribution < -0.4 is 26.6 Å². The smallest absolute Gasteiger partial charge is 0.217 e. The highest BCUT2D eigenvalue weighted by molar-refractivity contribution is 5.75. The van der Waals surface area contributed by atoms with Gasteiger partial charge in [0.15, 0.2) is 50.3 Å². The van der Waals surface area contributed by atoms with Crippen LogP contribution in [0.5, 0.6) is 0 Å². The molecule has 46 heteroatoms. The van der Waals surface area contributed by atoms with Crippen LogP contribution in [0.4, 0.5) is 0 Å². The molecule has 8 aliphatic heterocycles. The number of aliphatic hydroxyl groups is 21. The summed E-state index contributed by atoms with van der Waals surface area (Å²) in [5, 5.41) is 244. The minimum Gasteiger partial charge on any atom is -0.394 e. The third kappa shape index (κ3) is 19.2. The van der Waals surface area contributed by atoms with Crippen molar-refractivity contribution in [3.05, 3.63) is 0 Å². The molecule has 600 valence electrons. The Bertz CT molecular complexity index is 2770. The minimum atomic E-state index is -2.47. The van der Waals surface area contributed by atoms with Crippen LogP contribution in [-0.4, -0.2) is 435 Å². The molecule has 0 saturated carbocycles. The first kappa shape index (κ1) is 85.5. The second-order valence-electron chi connectivity index (χ2n) is 26.1. The summed E-state index contributed by atoms with van der Waals surface area (Å²) in [6.07, 6.45) is -69.8. The van der Waals surface area contributed by atoms with E-state index in [1.807, 2.05) is 0 Å². The first-order valence-electron chi connectivity index (χ1n) is 33.1. The van der Waals surface area contributed by atoms with Gasteiger partial charge in [-0.2, -0.15) is 0 Å². The van der Waals surface area contributed by atoms with Gasteiger partial charge in [0.1, 0.15) is 195 Å². The number of carbonyl (C=O) groups is 5. The minimum absolute atomic E-state index is 0.787. The largest absolute Gasteiger partial charge is 0.394 e. The predicted octanol–water partition coefficient (Wildman–Crippen LogP) is -17.7. The molecule has 0 aromatic carbocycles. The van der Waals surface area contributed by atoms with E-state index in [9.17, 15) is 131 Å². The SMILES string of the molecule is CC(=O)N[C@@H]1[C@@H](O[C@@H]2O[C@H](CO)[C@H](O)[C@H](O[C@@H]3O[C@H](CO)[C@@H](O[C@@H]4O[C@H](CO[C@@H]5O[C@H](CO)[C@@H](O[C@@H]6O[C@H](CO)[C@H](O)[C@H](O)[C@H]6O)[C@@H](O)[C@H]5NC(C)=O)[C@H](O)[C@H](O[C@@H]5O[C@H](CO)[C@@H](O[C@@H]6O[C@H](CO)[C@@H](O)[C@H](O)[C@H]6NC(C)=O)[C@H](O)[C@H]5NC(C)=O)[C@H]4O)[C@H](O)[C@H]3NC(C)=O)[C@H]2O)[C@@H](O)[C@@H](CO)O[C@@H]1O. The molecule has 0 aromatic rings. The lowest BCUT2D eigenvalue weighted by Gasteiger charge is -2.51. The lowest BCUT2D eigenvalue weighted by Crippen LogP contribution is -2.71. The molecule has 104 heavy (non-hydrogen) atoms. The molecular formula is C58H97N5O41. The molecule has 5 amide bonds. The zero-order chi connectivity index (χ0) is 76.8. The molecule has 8 saturated heterocycles. The Hall–Kier alpha value is -4.09. The summed E-state index contributed by atoms with van der Waals surface area (Å²) in [5.41, 5.74) is 0. The van der Waals surface area contributed by atoms with E-state index in [1.54, 1.807) is 0 Å². The highest BCUT2D eigenvalue weighted by Gasteiger charge is 2.60. The first-order chi connectivity index (χ1) is 49.2. The molecular weight excluding hydrogens is 1420 g/mol. The second-order valence-corrected chi connectivity index (χ2v) is 26.1. The summed E-state index contributed by atoms with van der Waals surface area (Å²) in [6, 6.07) is -8.98. The topological polar surface area (TPSA) is 709 Å². The lowest BCUT2D eigenvalue weighted by atomic mass is 9.93. The maximum atomic E-state index is 13.1. The van der Waals surface area contributed by atoms with E-state index < -0.39 is 328 Å². The van der Waals surface area contributed by atoms with Crippen LogP contribution in [0.3, 0.4) is 0 Å². The predicted molar refractivity (Wildman–Crippen MR) is 322 cm³/mol. The van der Waals surface area contributed by atoms with Crippen molar-refractivity contribution in [1.82, 2.24) is 26.6 Å². The van der Waals surface area contributed by atoms with Crippen LogP contribution >= 0.6 is 0 Å². The van der Waals surface area contributed by atoms with Crippen molar-refractivity contribution in [3.8, 4) is 0 Å². The van der Waals surface area contributed by atoms with Crippen molar-refractivity contribution < 1.29 is 202 Å². The van der Waals surface area contributed by atoms with E-state index in [0.29, 0.717) is 0 Å². The lowest BCUT2D eigenvalue weighted by molar-refractivity contribution is -0.386. The monoisotopic (exact) mass is 1520 g/mol. The van der Waals surface area contributed by atoms with Crippen LogP contribution in [0, 0.1) is 0 Å². The van der Waals surface area contributed by atoms with Gasteiger partial charge in [-0.1, -0.05) is 0 Å². The quantitative estimate of drug-likeness (QED) is 0.0363. The summed E-state index contributed by atoms with van der Waals surface area (Å²) in [5.74, 6) is -4.36. The number of aliphatic hydroxyl groups excluding tert-OH is 21. The van der Waals surface area contributed by atoms with Crippen molar-refractivity contribution in [2.45, 2.75) is 280 Å². The Kier molecular flexibility index (Phi) is 30.9. The Balaban J connectivity index is 1.11. The number of hydrogen-bond donors (Lipinski definition) is 26. The fourth-order valence-electron chi connectivity index (χ4n) is 13.4. The third-order valence-corrected chi connectivity index (χ3v) is 18.6. The summed E-state index contributed by atoms with van der Waals surface area (Å²) in [7, 11) is 0. The number of amides is 5. The summed E-state index contributed by atoms with van der Waals surface area (Å²) >= 11 is 0. The Morgan fingerprint density at radius 1 is 0.250 bits per heavy atom. The van der Waals surface area contributed by atoms with Crippen molar-refractivity contribution >= 4 is 29.5 Å². The molecule has 0 bridgehead atoms. The van der Waals surface area contributed by atoms with Crippen molar-refractivity contribution in [2.75, 3.05) is 52.9 Å². The van der Waals surface area contributed by atoms with E-state index in [4.69, 9.17) is 71.1 Å². The zero-order valence-electron chi connectivity index (χ0n) is 56.3. The third-order valence-electron chi connectivity index (χ3n) is 18.6. The molecule has 0 aromatic heterocycles. The van der Waals surface area contributed by atoms with Gasteiger partial charge in [0.2, 0.25) is 29.5 Å². The van der Waals surface area contributed by atoms with E-state index in [2.05, 4.69) is 26.6 Å². The number of carbonyl (C=O) groups excluding carboxylic acids is 5. The summed E-state index contributed by atoms with van der Waals surface area (Å²) < 4.78 is 88.4. The number of ether oxygens (including phenoxy) is 15. The van der Waals surface area contributed by atoms with Crippen molar-refractivity contribution in [1.29, 1.82) is 0 Å². The van der Waals surface area contributed by atoms with E-state index in [-0.39, 0.29) is 0 Å². The Labute approximate surface area is 589 Å². The molecule has 40 atom stereocenters. The highest BCUT2D eigenvalue weighted by Crippen LogP contribution is 2.39. The average Bonchev–Trinajstić information content (AvgIpc) is 0.775. The standard InChI is InChI=1S/C58H97N5O41/c1-14(71)59-27-37(81)32(76)19(6-64)92-53(27)99-45-24(11-69)96-55(29(39(45)83)61-16(3)73)104-50-36(80)26(13-90-52-28(60-15(2)72)38(82)46(23(10-68)95-52)100-56-42(86)41(85)33(77)20(7-65)93-56)98-58(44(50)88)101-47-25(12-70)97-54(30(40(47)84)62-17(4)74)103-49-35(79)22(9-67)94-57(43(49)87)102-48-31(63-18(5)75)51(89)91-21(8-66)34(48)78/h19-58,64-70,76-89H,6-13H2,1-5H3,(H,59,71)(H,60,72)(H,61,73)(H,62,74)(H,63,75)/t19-,20-,21-,22-,23-,24-,25-,26-,27-,28-,29-,30-,31-,32-,33+,34+,35+,36+,37-,38+,39-,40-,41+,42-,43-,44-,45-,46-,47-,48-,49+,50+,51+,52-,53+,54+,55+,56+,57+,58+/m1/s1. The van der Waals surface area contributed by atoms with Crippen LogP contribution in [-0.2, 0) is 95.0 Å². The van der Waals surface area contributed by atoms with Gasteiger partial charge in [0.25, 0.3) is 0 Å². The fourth-order valence-corrected chi connectivity index (χ4v) is 13.4. The molecule has 0 unspecified atom stereocenters. The molecule has 0 spiro atoms. The Morgan fingerprint density at radius 2 is 0.510 bits per heavy atom. The van der Waals surface area contributed by atoms with Crippen molar-refractivity contribution in [2.24, 2.45) is 0 Å². The molecule has 46 nitrogen and oxygen atoms in total. The number of rotatable bonds is 27. The molecule has 8 aliphatic rings. The van der Waals surface area contributed by atoms with Gasteiger partial charge in [-0.3, -0.25) is 24.0 Å². The maximum Gasteiger partial charge on any atom is 0.217 e. The van der Waals surface area contributed by atoms with Gasteiger partial charge in [-0.15, -0.1) is 0 Å².